The van der Waals surface area contributed by atoms with Crippen molar-refractivity contribution in [3.05, 3.63) is 60.0 Å². The topological polar surface area (TPSA) is 89.4 Å². The summed E-state index contributed by atoms with van der Waals surface area (Å²) in [6, 6.07) is 11.8. The average Bonchev–Trinajstić information content (AvgIpc) is 3.18. The van der Waals surface area contributed by atoms with E-state index in [-0.39, 0.29) is 18.1 Å². The van der Waals surface area contributed by atoms with E-state index in [4.69, 9.17) is 14.5 Å². The van der Waals surface area contributed by atoms with Crippen LogP contribution in [0.25, 0.3) is 11.3 Å². The molecule has 7 nitrogen and oxygen atoms in total. The van der Waals surface area contributed by atoms with E-state index in [9.17, 15) is 5.11 Å². The highest BCUT2D eigenvalue weighted by Crippen LogP contribution is 2.39. The minimum Gasteiger partial charge on any atom is -0.488 e. The zero-order valence-electron chi connectivity index (χ0n) is 18.3. The Kier molecular flexibility index (Phi) is 5.76. The number of hydrogen-bond donors (Lipinski definition) is 2. The van der Waals surface area contributed by atoms with Crippen LogP contribution in [0.15, 0.2) is 48.8 Å². The summed E-state index contributed by atoms with van der Waals surface area (Å²) >= 11 is 0. The minimum atomic E-state index is -0.243. The van der Waals surface area contributed by atoms with E-state index in [2.05, 4.69) is 28.3 Å². The van der Waals surface area contributed by atoms with Gasteiger partial charge in [-0.1, -0.05) is 19.1 Å². The van der Waals surface area contributed by atoms with Crippen LogP contribution in [-0.4, -0.2) is 46.0 Å². The maximum Gasteiger partial charge on any atom is 0.227 e. The zero-order valence-corrected chi connectivity index (χ0v) is 18.3. The molecule has 0 bridgehead atoms. The van der Waals surface area contributed by atoms with Gasteiger partial charge in [0.2, 0.25) is 5.95 Å². The molecule has 2 N–H and O–H groups in total. The van der Waals surface area contributed by atoms with Gasteiger partial charge in [0, 0.05) is 41.9 Å². The fourth-order valence-electron chi connectivity index (χ4n) is 4.39. The van der Waals surface area contributed by atoms with Crippen LogP contribution < -0.4 is 10.1 Å². The standard InChI is InChI=1S/C25H28N4O3/c1-25(16-30)10-6-21-19(25)14-17(15-27-21)20-7-11-26-24(28-20)29-22-4-2-3-5-23(22)32-18-8-12-31-13-9-18/h2-5,7,11,14-15,18,30H,6,8-10,12-13,16H2,1H3,(H,26,28,29). The summed E-state index contributed by atoms with van der Waals surface area (Å²) in [5.41, 5.74) is 4.47. The number of para-hydroxylation sites is 2. The molecule has 3 heterocycles. The van der Waals surface area contributed by atoms with Crippen molar-refractivity contribution >= 4 is 11.6 Å². The Bertz CT molecular complexity index is 1100. The van der Waals surface area contributed by atoms with Crippen LogP contribution in [0.3, 0.4) is 0 Å². The molecule has 1 atom stereocenters. The molecule has 1 unspecified atom stereocenters. The second-order valence-corrected chi connectivity index (χ2v) is 8.75. The number of rotatable bonds is 6. The number of aliphatic hydroxyl groups is 1. The van der Waals surface area contributed by atoms with Crippen molar-refractivity contribution in [2.75, 3.05) is 25.1 Å². The first-order valence-corrected chi connectivity index (χ1v) is 11.2. The van der Waals surface area contributed by atoms with Crippen LogP contribution in [0, 0.1) is 0 Å². The fourth-order valence-corrected chi connectivity index (χ4v) is 4.39. The molecule has 32 heavy (non-hydrogen) atoms. The lowest BCUT2D eigenvalue weighted by atomic mass is 9.85. The molecule has 0 spiro atoms. The number of hydrogen-bond acceptors (Lipinski definition) is 7. The van der Waals surface area contributed by atoms with Gasteiger partial charge >= 0.3 is 0 Å². The Morgan fingerprint density at radius 2 is 2.03 bits per heavy atom. The lowest BCUT2D eigenvalue weighted by molar-refractivity contribution is 0.0258. The third kappa shape index (κ3) is 4.18. The fraction of sp³-hybridized carbons (Fsp3) is 0.400. The normalized spacial score (nSPS) is 20.7. The van der Waals surface area contributed by atoms with E-state index in [1.54, 1.807) is 6.20 Å². The summed E-state index contributed by atoms with van der Waals surface area (Å²) in [4.78, 5) is 13.8. The quantitative estimate of drug-likeness (QED) is 0.608. The van der Waals surface area contributed by atoms with Gasteiger partial charge in [-0.3, -0.25) is 4.98 Å². The summed E-state index contributed by atoms with van der Waals surface area (Å²) in [6.07, 6.45) is 7.33. The maximum atomic E-state index is 9.90. The first-order chi connectivity index (χ1) is 15.6. The number of benzene rings is 1. The Morgan fingerprint density at radius 1 is 1.19 bits per heavy atom. The molecule has 7 heteroatoms. The lowest BCUT2D eigenvalue weighted by Crippen LogP contribution is -2.26. The van der Waals surface area contributed by atoms with E-state index in [1.807, 2.05) is 36.5 Å². The molecule has 1 aliphatic heterocycles. The van der Waals surface area contributed by atoms with Crippen LogP contribution in [0.5, 0.6) is 5.75 Å². The molecule has 2 aromatic heterocycles. The van der Waals surface area contributed by atoms with Gasteiger partial charge in [0.15, 0.2) is 0 Å². The van der Waals surface area contributed by atoms with E-state index in [0.29, 0.717) is 5.95 Å². The summed E-state index contributed by atoms with van der Waals surface area (Å²) in [7, 11) is 0. The van der Waals surface area contributed by atoms with E-state index < -0.39 is 0 Å². The molecule has 2 aliphatic rings. The predicted octanol–water partition coefficient (Wildman–Crippen LogP) is 4.04. The van der Waals surface area contributed by atoms with Crippen molar-refractivity contribution in [2.45, 2.75) is 44.1 Å². The van der Waals surface area contributed by atoms with Crippen LogP contribution in [-0.2, 0) is 16.6 Å². The molecular weight excluding hydrogens is 404 g/mol. The van der Waals surface area contributed by atoms with Gasteiger partial charge in [-0.05, 0) is 42.7 Å². The number of aliphatic hydroxyl groups excluding tert-OH is 1. The molecule has 1 fully saturated rings. The van der Waals surface area contributed by atoms with E-state index in [0.717, 1.165) is 72.8 Å². The smallest absolute Gasteiger partial charge is 0.227 e. The number of anilines is 2. The Balaban J connectivity index is 1.39. The molecule has 1 saturated heterocycles. The zero-order chi connectivity index (χ0) is 22.0. The van der Waals surface area contributed by atoms with Gasteiger partial charge in [0.1, 0.15) is 11.9 Å². The number of nitrogens with one attached hydrogen (secondary N) is 1. The Hall–Kier alpha value is -3.03. The van der Waals surface area contributed by atoms with Crippen molar-refractivity contribution in [2.24, 2.45) is 0 Å². The van der Waals surface area contributed by atoms with Gasteiger partial charge < -0.3 is 19.9 Å². The predicted molar refractivity (Wildman–Crippen MR) is 122 cm³/mol. The van der Waals surface area contributed by atoms with Gasteiger partial charge in [0.05, 0.1) is 31.2 Å². The minimum absolute atomic E-state index is 0.117. The highest BCUT2D eigenvalue weighted by atomic mass is 16.5. The van der Waals surface area contributed by atoms with Crippen LogP contribution >= 0.6 is 0 Å². The molecular formula is C25H28N4O3. The highest BCUT2D eigenvalue weighted by Gasteiger charge is 2.35. The second-order valence-electron chi connectivity index (χ2n) is 8.75. The number of fused-ring (bicyclic) bond motifs is 1. The van der Waals surface area contributed by atoms with Gasteiger partial charge in [0.25, 0.3) is 0 Å². The molecule has 0 radical (unpaired) electrons. The van der Waals surface area contributed by atoms with Crippen LogP contribution in [0.1, 0.15) is 37.4 Å². The number of aryl methyl sites for hydroxylation is 1. The third-order valence-electron chi connectivity index (χ3n) is 6.43. The van der Waals surface area contributed by atoms with Crippen molar-refractivity contribution in [3.63, 3.8) is 0 Å². The summed E-state index contributed by atoms with van der Waals surface area (Å²) in [6.45, 7) is 3.67. The summed E-state index contributed by atoms with van der Waals surface area (Å²) in [5, 5.41) is 13.2. The van der Waals surface area contributed by atoms with Crippen molar-refractivity contribution in [3.8, 4) is 17.0 Å². The number of pyridine rings is 1. The summed E-state index contributed by atoms with van der Waals surface area (Å²) < 4.78 is 11.7. The molecule has 1 aliphatic carbocycles. The monoisotopic (exact) mass is 432 g/mol. The largest absolute Gasteiger partial charge is 0.488 e. The Labute approximate surface area is 187 Å². The molecule has 166 valence electrons. The van der Waals surface area contributed by atoms with Crippen molar-refractivity contribution in [1.29, 1.82) is 0 Å². The van der Waals surface area contributed by atoms with Gasteiger partial charge in [-0.2, -0.15) is 0 Å². The molecule has 5 rings (SSSR count). The number of nitrogens with zero attached hydrogens (tertiary/aromatic N) is 3. The number of aromatic nitrogens is 3. The maximum absolute atomic E-state index is 9.90. The summed E-state index contributed by atoms with van der Waals surface area (Å²) in [5.74, 6) is 1.28. The highest BCUT2D eigenvalue weighted by molar-refractivity contribution is 5.66. The van der Waals surface area contributed by atoms with Crippen LogP contribution in [0.2, 0.25) is 0 Å². The second kappa shape index (κ2) is 8.84. The molecule has 0 saturated carbocycles. The first-order valence-electron chi connectivity index (χ1n) is 11.2. The van der Waals surface area contributed by atoms with Gasteiger partial charge in [-0.15, -0.1) is 0 Å². The number of ether oxygens (including phenoxy) is 2. The SMILES string of the molecule is CC1(CO)CCc2ncc(-c3ccnc(Nc4ccccc4OC4CCOCC4)n3)cc21. The average molecular weight is 433 g/mol. The first kappa shape index (κ1) is 20.8. The van der Waals surface area contributed by atoms with Crippen molar-refractivity contribution in [1.82, 2.24) is 15.0 Å². The molecule has 1 aromatic carbocycles. The van der Waals surface area contributed by atoms with Gasteiger partial charge in [-0.25, -0.2) is 9.97 Å². The lowest BCUT2D eigenvalue weighted by Gasteiger charge is -2.24. The molecule has 0 amide bonds. The molecule has 3 aromatic rings. The Morgan fingerprint density at radius 3 is 2.88 bits per heavy atom. The van der Waals surface area contributed by atoms with E-state index >= 15 is 0 Å². The van der Waals surface area contributed by atoms with E-state index in [1.165, 1.54) is 0 Å². The third-order valence-corrected chi connectivity index (χ3v) is 6.43. The van der Waals surface area contributed by atoms with Crippen LogP contribution in [0.4, 0.5) is 11.6 Å². The van der Waals surface area contributed by atoms with Crippen molar-refractivity contribution < 1.29 is 14.6 Å².